The minimum absolute atomic E-state index is 0.120. The maximum Gasteiger partial charge on any atom is 0.417 e. The summed E-state index contributed by atoms with van der Waals surface area (Å²) in [6.45, 7) is 0. The van der Waals surface area contributed by atoms with Gasteiger partial charge >= 0.3 is 6.18 Å². The first-order valence-electron chi connectivity index (χ1n) is 3.85. The number of quaternary nitrogens is 1. The van der Waals surface area contributed by atoms with Gasteiger partial charge < -0.3 is 5.73 Å². The van der Waals surface area contributed by atoms with Gasteiger partial charge in [0.05, 0.1) is 10.5 Å². The summed E-state index contributed by atoms with van der Waals surface area (Å²) in [6, 6.07) is 2.86. The van der Waals surface area contributed by atoms with Gasteiger partial charge in [-0.25, -0.2) is 8.42 Å². The average Bonchev–Trinajstić information content (AvgIpc) is 2.00. The summed E-state index contributed by atoms with van der Waals surface area (Å²) < 4.78 is 59.6. The molecule has 0 heterocycles. The summed E-state index contributed by atoms with van der Waals surface area (Å²) in [5, 5.41) is 0. The zero-order valence-electron chi connectivity index (χ0n) is 7.80. The van der Waals surface area contributed by atoms with Gasteiger partial charge in [0.2, 0.25) is 0 Å². The molecule has 0 spiro atoms. The molecule has 0 unspecified atom stereocenters. The molecule has 0 aliphatic rings. The maximum absolute atomic E-state index is 12.5. The minimum Gasteiger partial charge on any atom is -0.325 e. The number of hydrogen-bond donors (Lipinski definition) is 1. The quantitative estimate of drug-likeness (QED) is 0.795. The maximum atomic E-state index is 12.5. The Hall–Kier alpha value is -1.08. The highest BCUT2D eigenvalue weighted by molar-refractivity contribution is 7.90. The molecule has 1 aromatic carbocycles. The van der Waals surface area contributed by atoms with E-state index in [9.17, 15) is 21.6 Å². The molecule has 3 nitrogen and oxygen atoms in total. The van der Waals surface area contributed by atoms with Crippen LogP contribution in [0.15, 0.2) is 23.1 Å². The van der Waals surface area contributed by atoms with Gasteiger partial charge in [0.25, 0.3) is 0 Å². The van der Waals surface area contributed by atoms with E-state index in [4.69, 9.17) is 0 Å². The lowest BCUT2D eigenvalue weighted by atomic mass is 10.2. The van der Waals surface area contributed by atoms with E-state index < -0.39 is 26.5 Å². The zero-order chi connectivity index (χ0) is 11.9. The Balaban J connectivity index is 3.55. The minimum atomic E-state index is -4.69. The SMILES string of the molecule is CS(=O)(=O)c1ccc([NH3+])cc1C(F)(F)F. The standard InChI is InChI=1S/C8H8F3NO2S/c1-15(13,14)7-3-2-5(12)4-6(7)8(9,10)11/h2-4H,12H2,1H3/p+1. The number of halogens is 3. The van der Waals surface area contributed by atoms with Gasteiger partial charge in [-0.15, -0.1) is 0 Å². The Morgan fingerprint density at radius 3 is 2.20 bits per heavy atom. The lowest BCUT2D eigenvalue weighted by Gasteiger charge is -2.10. The van der Waals surface area contributed by atoms with Crippen LogP contribution in [0, 0.1) is 0 Å². The molecule has 0 aliphatic heterocycles. The molecule has 0 saturated carbocycles. The predicted molar refractivity (Wildman–Crippen MR) is 47.1 cm³/mol. The second kappa shape index (κ2) is 3.49. The zero-order valence-corrected chi connectivity index (χ0v) is 8.61. The van der Waals surface area contributed by atoms with Gasteiger partial charge in [-0.1, -0.05) is 0 Å². The number of sulfone groups is 1. The number of benzene rings is 1. The van der Waals surface area contributed by atoms with Crippen LogP contribution in [0.25, 0.3) is 0 Å². The van der Waals surface area contributed by atoms with Crippen molar-refractivity contribution >= 4 is 15.5 Å². The lowest BCUT2D eigenvalue weighted by Crippen LogP contribution is -2.40. The van der Waals surface area contributed by atoms with Crippen molar-refractivity contribution in [1.29, 1.82) is 0 Å². The third kappa shape index (κ3) is 2.69. The summed E-state index contributed by atoms with van der Waals surface area (Å²) in [5.41, 5.74) is 2.27. The van der Waals surface area contributed by atoms with Gasteiger partial charge in [0.1, 0.15) is 5.69 Å². The summed E-state index contributed by atoms with van der Waals surface area (Å²) >= 11 is 0. The van der Waals surface area contributed by atoms with E-state index in [0.717, 1.165) is 18.4 Å². The first-order chi connectivity index (χ1) is 6.62. The second-order valence-electron chi connectivity index (χ2n) is 3.10. The number of alkyl halides is 3. The highest BCUT2D eigenvalue weighted by atomic mass is 32.2. The van der Waals surface area contributed by atoms with Gasteiger partial charge in [-0.2, -0.15) is 13.2 Å². The molecule has 1 aromatic rings. The van der Waals surface area contributed by atoms with Crippen LogP contribution in [0.3, 0.4) is 0 Å². The number of hydrogen-bond acceptors (Lipinski definition) is 2. The van der Waals surface area contributed by atoms with E-state index in [1.807, 2.05) is 0 Å². The van der Waals surface area contributed by atoms with Crippen molar-refractivity contribution in [1.82, 2.24) is 0 Å². The fraction of sp³-hybridized carbons (Fsp3) is 0.250. The largest absolute Gasteiger partial charge is 0.417 e. The third-order valence-corrected chi connectivity index (χ3v) is 2.90. The van der Waals surface area contributed by atoms with Crippen LogP contribution in [-0.4, -0.2) is 14.7 Å². The van der Waals surface area contributed by atoms with Gasteiger partial charge in [-0.3, -0.25) is 0 Å². The van der Waals surface area contributed by atoms with Crippen LogP contribution in [-0.2, 0) is 16.0 Å². The molecule has 84 valence electrons. The average molecular weight is 240 g/mol. The molecule has 15 heavy (non-hydrogen) atoms. The van der Waals surface area contributed by atoms with Crippen LogP contribution >= 0.6 is 0 Å². The van der Waals surface area contributed by atoms with Crippen molar-refractivity contribution < 1.29 is 27.3 Å². The topological polar surface area (TPSA) is 61.8 Å². The molecule has 0 atom stereocenters. The van der Waals surface area contributed by atoms with E-state index in [1.54, 1.807) is 0 Å². The first-order valence-corrected chi connectivity index (χ1v) is 5.75. The Labute approximate surface area is 84.6 Å². The highest BCUT2D eigenvalue weighted by Gasteiger charge is 2.36. The fourth-order valence-electron chi connectivity index (χ4n) is 1.12. The molecule has 0 aromatic heterocycles. The lowest BCUT2D eigenvalue weighted by molar-refractivity contribution is -0.255. The molecule has 0 fully saturated rings. The van der Waals surface area contributed by atoms with Crippen molar-refractivity contribution in [3.8, 4) is 0 Å². The molecule has 0 bridgehead atoms. The Bertz CT molecular complexity index is 479. The molecule has 1 rings (SSSR count). The van der Waals surface area contributed by atoms with Crippen molar-refractivity contribution in [2.24, 2.45) is 0 Å². The highest BCUT2D eigenvalue weighted by Crippen LogP contribution is 2.34. The van der Waals surface area contributed by atoms with Gasteiger partial charge in [0.15, 0.2) is 9.84 Å². The second-order valence-corrected chi connectivity index (χ2v) is 5.08. The smallest absolute Gasteiger partial charge is 0.325 e. The van der Waals surface area contributed by atoms with Crippen LogP contribution in [0.1, 0.15) is 5.56 Å². The van der Waals surface area contributed by atoms with E-state index in [0.29, 0.717) is 0 Å². The van der Waals surface area contributed by atoms with E-state index in [1.165, 1.54) is 6.07 Å². The van der Waals surface area contributed by atoms with Crippen molar-refractivity contribution in [3.05, 3.63) is 23.8 Å². The normalized spacial score (nSPS) is 12.9. The van der Waals surface area contributed by atoms with E-state index in [2.05, 4.69) is 5.73 Å². The van der Waals surface area contributed by atoms with Crippen molar-refractivity contribution in [2.45, 2.75) is 11.1 Å². The van der Waals surface area contributed by atoms with Crippen LogP contribution < -0.4 is 5.73 Å². The van der Waals surface area contributed by atoms with Crippen molar-refractivity contribution in [2.75, 3.05) is 6.26 Å². The molecule has 0 aliphatic carbocycles. The molecule has 3 N–H and O–H groups in total. The van der Waals surface area contributed by atoms with Gasteiger partial charge in [-0.05, 0) is 6.07 Å². The fourth-order valence-corrected chi connectivity index (χ4v) is 2.01. The molecule has 0 radical (unpaired) electrons. The monoisotopic (exact) mass is 240 g/mol. The molecule has 7 heteroatoms. The molecular weight excluding hydrogens is 231 g/mol. The third-order valence-electron chi connectivity index (χ3n) is 1.75. The van der Waals surface area contributed by atoms with Crippen molar-refractivity contribution in [3.63, 3.8) is 0 Å². The molecule has 0 amide bonds. The van der Waals surface area contributed by atoms with Crippen LogP contribution in [0.2, 0.25) is 0 Å². The molecule has 0 saturated heterocycles. The van der Waals surface area contributed by atoms with Crippen LogP contribution in [0.5, 0.6) is 0 Å². The summed E-state index contributed by atoms with van der Waals surface area (Å²) in [7, 11) is -3.88. The van der Waals surface area contributed by atoms with E-state index >= 15 is 0 Å². The Morgan fingerprint density at radius 2 is 1.80 bits per heavy atom. The molecular formula is C8H9F3NO2S+. The number of rotatable bonds is 1. The summed E-state index contributed by atoms with van der Waals surface area (Å²) in [4.78, 5) is -0.720. The summed E-state index contributed by atoms with van der Waals surface area (Å²) in [5.74, 6) is 0. The summed E-state index contributed by atoms with van der Waals surface area (Å²) in [6.07, 6.45) is -3.95. The van der Waals surface area contributed by atoms with Gasteiger partial charge in [0, 0.05) is 18.4 Å². The first kappa shape index (κ1) is 12.0. The Kier molecular flexibility index (Phi) is 2.79. The van der Waals surface area contributed by atoms with Crippen LogP contribution in [0.4, 0.5) is 18.9 Å². The van der Waals surface area contributed by atoms with E-state index in [-0.39, 0.29) is 5.69 Å². The predicted octanol–water partition coefficient (Wildman–Crippen LogP) is 0.982. The Morgan fingerprint density at radius 1 is 1.27 bits per heavy atom.